The fourth-order valence-electron chi connectivity index (χ4n) is 1.89. The molecular weight excluding hydrogens is 260 g/mol. The number of carboxylic acid groups (broad SMARTS) is 1. The van der Waals surface area contributed by atoms with Crippen LogP contribution in [-0.2, 0) is 0 Å². The molecule has 0 saturated heterocycles. The van der Waals surface area contributed by atoms with E-state index in [-0.39, 0.29) is 5.69 Å². The molecule has 106 valence electrons. The second-order valence-corrected chi connectivity index (χ2v) is 4.16. The summed E-state index contributed by atoms with van der Waals surface area (Å²) in [5.74, 6) is 0.653. The first kappa shape index (κ1) is 13.9. The number of aromatic nitrogens is 2. The highest BCUT2D eigenvalue weighted by atomic mass is 16.5. The number of methoxy groups -OCH3 is 1. The van der Waals surface area contributed by atoms with Crippen LogP contribution in [0.2, 0.25) is 0 Å². The second kappa shape index (κ2) is 5.64. The molecule has 2 rings (SSSR count). The fraction of sp³-hybridized carbons (Fsp3) is 0.286. The maximum Gasteiger partial charge on any atom is 0.356 e. The molecule has 6 heteroatoms. The number of carboxylic acids is 1. The van der Waals surface area contributed by atoms with E-state index in [1.807, 2.05) is 6.92 Å². The maximum absolute atomic E-state index is 11.0. The van der Waals surface area contributed by atoms with Crippen molar-refractivity contribution >= 4 is 5.97 Å². The van der Waals surface area contributed by atoms with E-state index < -0.39 is 5.97 Å². The Morgan fingerprint density at radius 2 is 2.15 bits per heavy atom. The molecule has 0 bridgehead atoms. The van der Waals surface area contributed by atoms with Crippen molar-refractivity contribution in [2.45, 2.75) is 13.8 Å². The lowest BCUT2D eigenvalue weighted by atomic mass is 10.2. The van der Waals surface area contributed by atoms with Crippen molar-refractivity contribution in [1.29, 1.82) is 0 Å². The molecule has 1 aromatic heterocycles. The van der Waals surface area contributed by atoms with Crippen LogP contribution in [0.25, 0.3) is 11.4 Å². The van der Waals surface area contributed by atoms with Crippen LogP contribution in [0.1, 0.15) is 23.1 Å². The number of aromatic amines is 1. The summed E-state index contributed by atoms with van der Waals surface area (Å²) in [6.07, 6.45) is 0. The number of aryl methyl sites for hydroxylation is 1. The number of rotatable bonds is 5. The molecule has 0 saturated carbocycles. The minimum absolute atomic E-state index is 0.0212. The molecule has 0 spiro atoms. The first-order valence-electron chi connectivity index (χ1n) is 6.18. The summed E-state index contributed by atoms with van der Waals surface area (Å²) in [6, 6.07) is 5.34. The van der Waals surface area contributed by atoms with Crippen molar-refractivity contribution < 1.29 is 19.4 Å². The zero-order chi connectivity index (χ0) is 14.7. The van der Waals surface area contributed by atoms with Gasteiger partial charge in [-0.2, -0.15) is 0 Å². The van der Waals surface area contributed by atoms with Gasteiger partial charge in [0.1, 0.15) is 5.82 Å². The molecule has 0 aliphatic heterocycles. The van der Waals surface area contributed by atoms with E-state index in [1.165, 1.54) is 0 Å². The molecule has 0 radical (unpaired) electrons. The molecule has 6 nitrogen and oxygen atoms in total. The molecule has 0 aliphatic rings. The second-order valence-electron chi connectivity index (χ2n) is 4.16. The Hall–Kier alpha value is -2.50. The number of hydrogen-bond acceptors (Lipinski definition) is 4. The van der Waals surface area contributed by atoms with Gasteiger partial charge in [-0.25, -0.2) is 9.78 Å². The van der Waals surface area contributed by atoms with Crippen LogP contribution in [0.5, 0.6) is 11.5 Å². The first-order chi connectivity index (χ1) is 9.56. The van der Waals surface area contributed by atoms with Crippen LogP contribution in [-0.4, -0.2) is 34.8 Å². The molecule has 1 aromatic carbocycles. The van der Waals surface area contributed by atoms with Crippen LogP contribution < -0.4 is 9.47 Å². The summed E-state index contributed by atoms with van der Waals surface area (Å²) >= 11 is 0. The average molecular weight is 276 g/mol. The summed E-state index contributed by atoms with van der Waals surface area (Å²) in [4.78, 5) is 18.0. The highest BCUT2D eigenvalue weighted by Gasteiger charge is 2.15. The van der Waals surface area contributed by atoms with Gasteiger partial charge in [0.15, 0.2) is 17.2 Å². The number of imidazole rings is 1. The SMILES string of the molecule is CCOc1ccc(-c2nc(C(=O)O)c(C)[nH]2)cc1OC. The molecule has 0 unspecified atom stereocenters. The fourth-order valence-corrected chi connectivity index (χ4v) is 1.89. The predicted octanol–water partition coefficient (Wildman–Crippen LogP) is 2.49. The van der Waals surface area contributed by atoms with Crippen LogP contribution in [0, 0.1) is 6.92 Å². The quantitative estimate of drug-likeness (QED) is 0.876. The van der Waals surface area contributed by atoms with Gasteiger partial charge in [-0.05, 0) is 32.0 Å². The standard InChI is InChI=1S/C14H16N2O4/c1-4-20-10-6-5-9(7-11(10)19-3)13-15-8(2)12(16-13)14(17)18/h5-7H,4H2,1-3H3,(H,15,16)(H,17,18). The zero-order valence-corrected chi connectivity index (χ0v) is 11.6. The summed E-state index contributed by atoms with van der Waals surface area (Å²) in [5.41, 5.74) is 1.27. The number of aromatic carboxylic acids is 1. The molecule has 0 atom stereocenters. The van der Waals surface area contributed by atoms with Crippen molar-refractivity contribution in [2.24, 2.45) is 0 Å². The van der Waals surface area contributed by atoms with Gasteiger partial charge in [0.25, 0.3) is 0 Å². The number of H-pyrrole nitrogens is 1. The van der Waals surface area contributed by atoms with Crippen LogP contribution >= 0.6 is 0 Å². The number of carbonyl (C=O) groups is 1. The average Bonchev–Trinajstić information content (AvgIpc) is 2.82. The van der Waals surface area contributed by atoms with Gasteiger partial charge in [0.2, 0.25) is 0 Å². The number of benzene rings is 1. The summed E-state index contributed by atoms with van der Waals surface area (Å²) < 4.78 is 10.7. The Morgan fingerprint density at radius 1 is 1.40 bits per heavy atom. The van der Waals surface area contributed by atoms with E-state index in [4.69, 9.17) is 14.6 Å². The van der Waals surface area contributed by atoms with Gasteiger partial charge in [-0.15, -0.1) is 0 Å². The monoisotopic (exact) mass is 276 g/mol. The van der Waals surface area contributed by atoms with E-state index in [9.17, 15) is 4.79 Å². The van der Waals surface area contributed by atoms with E-state index >= 15 is 0 Å². The van der Waals surface area contributed by atoms with Crippen molar-refractivity contribution in [3.63, 3.8) is 0 Å². The van der Waals surface area contributed by atoms with Crippen molar-refractivity contribution in [3.05, 3.63) is 29.6 Å². The lowest BCUT2D eigenvalue weighted by molar-refractivity contribution is 0.0690. The van der Waals surface area contributed by atoms with Crippen molar-refractivity contribution in [3.8, 4) is 22.9 Å². The Balaban J connectivity index is 2.42. The summed E-state index contributed by atoms with van der Waals surface area (Å²) in [5, 5.41) is 9.01. The van der Waals surface area contributed by atoms with Gasteiger partial charge in [-0.3, -0.25) is 0 Å². The Kier molecular flexibility index (Phi) is 3.93. The third-order valence-electron chi connectivity index (χ3n) is 2.82. The van der Waals surface area contributed by atoms with Gasteiger partial charge in [0, 0.05) is 11.3 Å². The Morgan fingerprint density at radius 3 is 2.70 bits per heavy atom. The third kappa shape index (κ3) is 2.59. The van der Waals surface area contributed by atoms with E-state index in [0.29, 0.717) is 29.6 Å². The van der Waals surface area contributed by atoms with E-state index in [1.54, 1.807) is 32.2 Å². The summed E-state index contributed by atoms with van der Waals surface area (Å²) in [7, 11) is 1.55. The van der Waals surface area contributed by atoms with Gasteiger partial charge < -0.3 is 19.6 Å². The molecule has 1 heterocycles. The predicted molar refractivity (Wildman–Crippen MR) is 73.4 cm³/mol. The van der Waals surface area contributed by atoms with Gasteiger partial charge in [0.05, 0.1) is 13.7 Å². The molecule has 0 fully saturated rings. The largest absolute Gasteiger partial charge is 0.493 e. The first-order valence-corrected chi connectivity index (χ1v) is 6.18. The van der Waals surface area contributed by atoms with Crippen molar-refractivity contribution in [2.75, 3.05) is 13.7 Å². The molecule has 2 aromatic rings. The molecule has 0 amide bonds. The number of nitrogens with one attached hydrogen (secondary N) is 1. The smallest absolute Gasteiger partial charge is 0.356 e. The number of hydrogen-bond donors (Lipinski definition) is 2. The lowest BCUT2D eigenvalue weighted by Crippen LogP contribution is -1.98. The third-order valence-corrected chi connectivity index (χ3v) is 2.82. The molecule has 0 aliphatic carbocycles. The Labute approximate surface area is 116 Å². The van der Waals surface area contributed by atoms with Crippen molar-refractivity contribution in [1.82, 2.24) is 9.97 Å². The lowest BCUT2D eigenvalue weighted by Gasteiger charge is -2.09. The highest BCUT2D eigenvalue weighted by Crippen LogP contribution is 2.31. The summed E-state index contributed by atoms with van der Waals surface area (Å²) in [6.45, 7) is 4.10. The number of nitrogens with zero attached hydrogens (tertiary/aromatic N) is 1. The Bertz CT molecular complexity index is 634. The normalized spacial score (nSPS) is 10.3. The minimum Gasteiger partial charge on any atom is -0.493 e. The van der Waals surface area contributed by atoms with Crippen LogP contribution in [0.3, 0.4) is 0 Å². The maximum atomic E-state index is 11.0. The van der Waals surface area contributed by atoms with Gasteiger partial charge >= 0.3 is 5.97 Å². The van der Waals surface area contributed by atoms with Gasteiger partial charge in [-0.1, -0.05) is 0 Å². The number of ether oxygens (including phenoxy) is 2. The van der Waals surface area contributed by atoms with E-state index in [0.717, 1.165) is 5.56 Å². The molecule has 2 N–H and O–H groups in total. The highest BCUT2D eigenvalue weighted by molar-refractivity contribution is 5.87. The van der Waals surface area contributed by atoms with Crippen LogP contribution in [0.4, 0.5) is 0 Å². The van der Waals surface area contributed by atoms with Crippen LogP contribution in [0.15, 0.2) is 18.2 Å². The van der Waals surface area contributed by atoms with E-state index in [2.05, 4.69) is 9.97 Å². The molecule has 20 heavy (non-hydrogen) atoms. The topological polar surface area (TPSA) is 84.4 Å². The zero-order valence-electron chi connectivity index (χ0n) is 11.6. The minimum atomic E-state index is -1.05. The molecular formula is C14H16N2O4.